The third-order valence-electron chi connectivity index (χ3n) is 2.38. The lowest BCUT2D eigenvalue weighted by Gasteiger charge is -2.08. The van der Waals surface area contributed by atoms with Crippen molar-refractivity contribution in [1.29, 1.82) is 0 Å². The molecular formula is C13H10FNO2. The fraction of sp³-hybridized carbons (Fsp3) is 0. The highest BCUT2D eigenvalue weighted by Crippen LogP contribution is 2.31. The van der Waals surface area contributed by atoms with E-state index in [1.165, 1.54) is 6.07 Å². The Balaban J connectivity index is 2.54. The molecule has 0 heterocycles. The predicted molar refractivity (Wildman–Crippen MR) is 64.5 cm³/mol. The van der Waals surface area contributed by atoms with Gasteiger partial charge in [0.2, 0.25) is 0 Å². The molecule has 1 amide bonds. The minimum atomic E-state index is -1.07. The number of hydrogen-bond donors (Lipinski definition) is 2. The van der Waals surface area contributed by atoms with Crippen molar-refractivity contribution < 1.29 is 14.3 Å². The van der Waals surface area contributed by atoms with E-state index in [4.69, 9.17) is 0 Å². The number of fused-ring (bicyclic) bond motifs is 1. The lowest BCUT2D eigenvalue weighted by atomic mass is 10.1. The molecule has 0 radical (unpaired) electrons. The van der Waals surface area contributed by atoms with Crippen molar-refractivity contribution in [3.63, 3.8) is 0 Å². The molecule has 0 atom stereocenters. The number of halogens is 1. The van der Waals surface area contributed by atoms with E-state index >= 15 is 0 Å². The van der Waals surface area contributed by atoms with Gasteiger partial charge in [-0.05, 0) is 17.5 Å². The molecule has 17 heavy (non-hydrogen) atoms. The smallest absolute Gasteiger partial charge is 0.283 e. The largest absolute Gasteiger partial charge is 0.507 e. The monoisotopic (exact) mass is 231 g/mol. The van der Waals surface area contributed by atoms with Crippen LogP contribution < -0.4 is 5.32 Å². The second kappa shape index (κ2) is 4.25. The van der Waals surface area contributed by atoms with E-state index in [0.29, 0.717) is 11.1 Å². The van der Waals surface area contributed by atoms with Crippen molar-refractivity contribution >= 4 is 22.4 Å². The molecule has 0 aromatic heterocycles. The zero-order valence-corrected chi connectivity index (χ0v) is 8.90. The van der Waals surface area contributed by atoms with Crippen LogP contribution in [0.1, 0.15) is 0 Å². The van der Waals surface area contributed by atoms with Gasteiger partial charge < -0.3 is 10.4 Å². The molecule has 2 rings (SSSR count). The first kappa shape index (κ1) is 11.1. The maximum absolute atomic E-state index is 12.6. The van der Waals surface area contributed by atoms with Crippen LogP contribution in [0, 0.1) is 0 Å². The van der Waals surface area contributed by atoms with E-state index in [1.54, 1.807) is 30.3 Å². The summed E-state index contributed by atoms with van der Waals surface area (Å²) in [6.07, 6.45) is 0. The van der Waals surface area contributed by atoms with Crippen LogP contribution in [0.3, 0.4) is 0 Å². The van der Waals surface area contributed by atoms with Crippen LogP contribution in [-0.2, 0) is 4.79 Å². The number of nitrogens with one attached hydrogen (secondary N) is 1. The van der Waals surface area contributed by atoms with Gasteiger partial charge in [0.15, 0.2) is 5.83 Å². The predicted octanol–water partition coefficient (Wildman–Crippen LogP) is 2.97. The molecule has 0 unspecified atom stereocenters. The van der Waals surface area contributed by atoms with Crippen molar-refractivity contribution in [2.45, 2.75) is 0 Å². The van der Waals surface area contributed by atoms with E-state index < -0.39 is 11.7 Å². The Morgan fingerprint density at radius 2 is 1.88 bits per heavy atom. The minimum absolute atomic E-state index is 0.0304. The van der Waals surface area contributed by atoms with E-state index in [9.17, 15) is 14.3 Å². The minimum Gasteiger partial charge on any atom is -0.507 e. The number of carbonyl (C=O) groups excluding carboxylic acids is 1. The molecule has 4 heteroatoms. The quantitative estimate of drug-likeness (QED) is 0.780. The molecule has 2 N–H and O–H groups in total. The molecule has 0 fully saturated rings. The molecule has 2 aromatic carbocycles. The van der Waals surface area contributed by atoms with Crippen LogP contribution in [0.5, 0.6) is 5.75 Å². The van der Waals surface area contributed by atoms with Crippen LogP contribution in [0.25, 0.3) is 10.8 Å². The molecule has 0 spiro atoms. The number of carbonyl (C=O) groups is 1. The van der Waals surface area contributed by atoms with E-state index in [2.05, 4.69) is 11.9 Å². The summed E-state index contributed by atoms with van der Waals surface area (Å²) in [5, 5.41) is 13.3. The average molecular weight is 231 g/mol. The van der Waals surface area contributed by atoms with Crippen molar-refractivity contribution in [1.82, 2.24) is 0 Å². The maximum atomic E-state index is 12.6. The first-order valence-corrected chi connectivity index (χ1v) is 4.96. The number of phenols is 1. The third-order valence-corrected chi connectivity index (χ3v) is 2.38. The summed E-state index contributed by atoms with van der Waals surface area (Å²) >= 11 is 0. The van der Waals surface area contributed by atoms with Gasteiger partial charge in [-0.1, -0.05) is 30.8 Å². The van der Waals surface area contributed by atoms with Gasteiger partial charge in [0.1, 0.15) is 5.75 Å². The Morgan fingerprint density at radius 3 is 2.53 bits per heavy atom. The average Bonchev–Trinajstić information content (AvgIpc) is 2.29. The van der Waals surface area contributed by atoms with Gasteiger partial charge in [-0.2, -0.15) is 0 Å². The standard InChI is InChI=1S/C13H10FNO2/c1-8(14)13(17)15-10-6-2-4-9-5-3-7-11(16)12(9)10/h2-7,16H,1H2,(H,15,17). The zero-order valence-electron chi connectivity index (χ0n) is 8.90. The van der Waals surface area contributed by atoms with Crippen molar-refractivity contribution in [2.24, 2.45) is 0 Å². The fourth-order valence-electron chi connectivity index (χ4n) is 1.62. The molecular weight excluding hydrogens is 221 g/mol. The molecule has 0 aliphatic rings. The summed E-state index contributed by atoms with van der Waals surface area (Å²) in [6.45, 7) is 2.91. The Bertz CT molecular complexity index is 602. The lowest BCUT2D eigenvalue weighted by Crippen LogP contribution is -2.11. The first-order valence-electron chi connectivity index (χ1n) is 4.96. The summed E-state index contributed by atoms with van der Waals surface area (Å²) in [6, 6.07) is 10.1. The Hall–Kier alpha value is -2.36. The molecule has 3 nitrogen and oxygen atoms in total. The number of aromatic hydroxyl groups is 1. The maximum Gasteiger partial charge on any atom is 0.283 e. The SMILES string of the molecule is C=C(F)C(=O)Nc1cccc2cccc(O)c12. The number of rotatable bonds is 2. The molecule has 0 saturated carbocycles. The highest BCUT2D eigenvalue weighted by atomic mass is 19.1. The number of hydrogen-bond acceptors (Lipinski definition) is 2. The lowest BCUT2D eigenvalue weighted by molar-refractivity contribution is -0.114. The number of amides is 1. The van der Waals surface area contributed by atoms with Gasteiger partial charge in [-0.15, -0.1) is 0 Å². The van der Waals surface area contributed by atoms with Gasteiger partial charge in [0.25, 0.3) is 5.91 Å². The third kappa shape index (κ3) is 2.10. The Kier molecular flexibility index (Phi) is 2.78. The first-order chi connectivity index (χ1) is 8.09. The van der Waals surface area contributed by atoms with E-state index in [0.717, 1.165) is 5.39 Å². The molecule has 86 valence electrons. The van der Waals surface area contributed by atoms with Crippen molar-refractivity contribution in [3.05, 3.63) is 48.8 Å². The highest BCUT2D eigenvalue weighted by Gasteiger charge is 2.10. The van der Waals surface area contributed by atoms with Gasteiger partial charge in [0, 0.05) is 5.39 Å². The topological polar surface area (TPSA) is 49.3 Å². The number of anilines is 1. The summed E-state index contributed by atoms with van der Waals surface area (Å²) in [7, 11) is 0. The van der Waals surface area contributed by atoms with Gasteiger partial charge in [-0.3, -0.25) is 4.79 Å². The van der Waals surface area contributed by atoms with Gasteiger partial charge in [0.05, 0.1) is 5.69 Å². The normalized spacial score (nSPS) is 10.2. The molecule has 0 bridgehead atoms. The second-order valence-electron chi connectivity index (χ2n) is 3.54. The highest BCUT2D eigenvalue weighted by molar-refractivity contribution is 6.09. The number of phenolic OH excluding ortho intramolecular Hbond substituents is 1. The molecule has 0 aliphatic carbocycles. The summed E-state index contributed by atoms with van der Waals surface area (Å²) in [5.41, 5.74) is 0.351. The Labute approximate surface area is 97.2 Å². The number of benzene rings is 2. The molecule has 0 aliphatic heterocycles. The van der Waals surface area contributed by atoms with Crippen LogP contribution in [0.15, 0.2) is 48.8 Å². The molecule has 2 aromatic rings. The summed E-state index contributed by atoms with van der Waals surface area (Å²) < 4.78 is 12.6. The van der Waals surface area contributed by atoms with Crippen molar-refractivity contribution in [3.8, 4) is 5.75 Å². The van der Waals surface area contributed by atoms with Gasteiger partial charge >= 0.3 is 0 Å². The molecule has 0 saturated heterocycles. The van der Waals surface area contributed by atoms with Crippen LogP contribution in [-0.4, -0.2) is 11.0 Å². The fourth-order valence-corrected chi connectivity index (χ4v) is 1.62. The Morgan fingerprint density at radius 1 is 1.24 bits per heavy atom. The summed E-state index contributed by atoms with van der Waals surface area (Å²) in [4.78, 5) is 11.2. The summed E-state index contributed by atoms with van der Waals surface area (Å²) in [5.74, 6) is -1.96. The van der Waals surface area contributed by atoms with Crippen LogP contribution in [0.2, 0.25) is 0 Å². The zero-order chi connectivity index (χ0) is 12.4. The van der Waals surface area contributed by atoms with Crippen LogP contribution in [0.4, 0.5) is 10.1 Å². The van der Waals surface area contributed by atoms with E-state index in [1.807, 2.05) is 0 Å². The van der Waals surface area contributed by atoms with Crippen LogP contribution >= 0.6 is 0 Å². The van der Waals surface area contributed by atoms with E-state index in [-0.39, 0.29) is 5.75 Å². The van der Waals surface area contributed by atoms with Crippen molar-refractivity contribution in [2.75, 3.05) is 5.32 Å². The van der Waals surface area contributed by atoms with Gasteiger partial charge in [-0.25, -0.2) is 4.39 Å². The second-order valence-corrected chi connectivity index (χ2v) is 3.54.